The summed E-state index contributed by atoms with van der Waals surface area (Å²) in [5.41, 5.74) is 0.239. The van der Waals surface area contributed by atoms with Crippen LogP contribution in [0, 0.1) is 0 Å². The van der Waals surface area contributed by atoms with Gasteiger partial charge in [-0.05, 0) is 31.4 Å². The highest BCUT2D eigenvalue weighted by molar-refractivity contribution is 6.11. The Bertz CT molecular complexity index is 1030. The first-order valence-electron chi connectivity index (χ1n) is 10.1. The van der Waals surface area contributed by atoms with Crippen molar-refractivity contribution >= 4 is 5.78 Å². The van der Waals surface area contributed by atoms with Gasteiger partial charge in [0.1, 0.15) is 34.3 Å². The summed E-state index contributed by atoms with van der Waals surface area (Å²) in [5, 5.41) is 0. The number of benzene rings is 1. The van der Waals surface area contributed by atoms with Crippen LogP contribution in [0.4, 0.5) is 0 Å². The molecule has 0 radical (unpaired) electrons. The highest BCUT2D eigenvalue weighted by Gasteiger charge is 2.47. The lowest BCUT2D eigenvalue weighted by Gasteiger charge is -2.37. The van der Waals surface area contributed by atoms with Crippen LogP contribution in [0.5, 0.6) is 11.5 Å². The molecule has 0 fully saturated rings. The number of methoxy groups -OCH3 is 3. The third-order valence-corrected chi connectivity index (χ3v) is 5.99. The lowest BCUT2D eigenvalue weighted by molar-refractivity contribution is 0.0975. The standard InChI is InChI=1S/C24H28O6/c1-7-17-21(26)20-18(25)13-19(14-10-15(27-4)12-16(11-14)28-5)30-23(20)24(8-2,9-3)22(17)29-6/h10-13H,7-9H2,1-6H3. The lowest BCUT2D eigenvalue weighted by Crippen LogP contribution is -2.39. The van der Waals surface area contributed by atoms with Crippen LogP contribution in [-0.4, -0.2) is 27.1 Å². The van der Waals surface area contributed by atoms with Crippen molar-refractivity contribution in [3.8, 4) is 22.8 Å². The minimum atomic E-state index is -0.679. The van der Waals surface area contributed by atoms with Gasteiger partial charge < -0.3 is 18.6 Å². The van der Waals surface area contributed by atoms with Gasteiger partial charge in [-0.15, -0.1) is 0 Å². The van der Waals surface area contributed by atoms with Gasteiger partial charge in [-0.3, -0.25) is 9.59 Å². The first-order valence-corrected chi connectivity index (χ1v) is 10.1. The molecular weight excluding hydrogens is 384 g/mol. The van der Waals surface area contributed by atoms with Crippen molar-refractivity contribution in [1.82, 2.24) is 0 Å². The van der Waals surface area contributed by atoms with Crippen LogP contribution in [0.25, 0.3) is 11.3 Å². The molecule has 1 aromatic carbocycles. The summed E-state index contributed by atoms with van der Waals surface area (Å²) in [7, 11) is 4.68. The topological polar surface area (TPSA) is 75.0 Å². The van der Waals surface area contributed by atoms with Gasteiger partial charge in [-0.1, -0.05) is 20.8 Å². The SMILES string of the molecule is CCC1=C(OC)C(CC)(CC)c2oc(-c3cc(OC)cc(OC)c3)cc(=O)c2C1=O. The number of ketones is 1. The molecule has 1 aromatic heterocycles. The summed E-state index contributed by atoms with van der Waals surface area (Å²) < 4.78 is 22.7. The quantitative estimate of drug-likeness (QED) is 0.645. The largest absolute Gasteiger partial charge is 0.500 e. The molecule has 0 saturated heterocycles. The number of hydrogen-bond acceptors (Lipinski definition) is 6. The Kier molecular flexibility index (Phi) is 6.06. The van der Waals surface area contributed by atoms with Crippen LogP contribution in [0.3, 0.4) is 0 Å². The molecular formula is C24H28O6. The normalized spacial score (nSPS) is 15.1. The van der Waals surface area contributed by atoms with Crippen LogP contribution in [0.15, 0.2) is 44.8 Å². The summed E-state index contributed by atoms with van der Waals surface area (Å²) in [5.74, 6) is 2.15. The predicted molar refractivity (Wildman–Crippen MR) is 114 cm³/mol. The molecule has 0 aliphatic heterocycles. The Morgan fingerprint density at radius 2 is 1.47 bits per heavy atom. The molecule has 6 heteroatoms. The molecule has 0 atom stereocenters. The molecule has 30 heavy (non-hydrogen) atoms. The maximum atomic E-state index is 13.2. The zero-order valence-corrected chi connectivity index (χ0v) is 18.4. The van der Waals surface area contributed by atoms with E-state index in [4.69, 9.17) is 18.6 Å². The summed E-state index contributed by atoms with van der Waals surface area (Å²) in [6, 6.07) is 6.64. The fourth-order valence-electron chi connectivity index (χ4n) is 4.32. The van der Waals surface area contributed by atoms with Crippen LogP contribution < -0.4 is 14.9 Å². The van der Waals surface area contributed by atoms with Crippen molar-refractivity contribution in [3.05, 3.63) is 57.1 Å². The van der Waals surface area contributed by atoms with E-state index in [9.17, 15) is 9.59 Å². The maximum Gasteiger partial charge on any atom is 0.199 e. The summed E-state index contributed by atoms with van der Waals surface area (Å²) in [4.78, 5) is 26.3. The van der Waals surface area contributed by atoms with Gasteiger partial charge in [-0.2, -0.15) is 0 Å². The number of fused-ring (bicyclic) bond motifs is 1. The minimum absolute atomic E-state index is 0.106. The predicted octanol–water partition coefficient (Wildman–Crippen LogP) is 4.89. The molecule has 2 aromatic rings. The molecule has 3 rings (SSSR count). The second-order valence-electron chi connectivity index (χ2n) is 7.26. The molecule has 0 amide bonds. The van der Waals surface area contributed by atoms with Crippen molar-refractivity contribution in [3.63, 3.8) is 0 Å². The molecule has 1 aliphatic rings. The van der Waals surface area contributed by atoms with Gasteiger partial charge in [0, 0.05) is 23.3 Å². The third-order valence-electron chi connectivity index (χ3n) is 5.99. The Morgan fingerprint density at radius 3 is 1.93 bits per heavy atom. The zero-order valence-electron chi connectivity index (χ0n) is 18.4. The second kappa shape index (κ2) is 8.38. The zero-order chi connectivity index (χ0) is 22.1. The average molecular weight is 412 g/mol. The second-order valence-corrected chi connectivity index (χ2v) is 7.26. The third kappa shape index (κ3) is 3.20. The average Bonchev–Trinajstić information content (AvgIpc) is 2.78. The molecule has 0 bridgehead atoms. The van der Waals surface area contributed by atoms with Gasteiger partial charge in [0.05, 0.1) is 26.7 Å². The maximum absolute atomic E-state index is 13.2. The van der Waals surface area contributed by atoms with Gasteiger partial charge in [0.15, 0.2) is 11.2 Å². The van der Waals surface area contributed by atoms with E-state index in [0.29, 0.717) is 59.2 Å². The Morgan fingerprint density at radius 1 is 0.867 bits per heavy atom. The monoisotopic (exact) mass is 412 g/mol. The summed E-state index contributed by atoms with van der Waals surface area (Å²) in [6.07, 6.45) is 1.74. The highest BCUT2D eigenvalue weighted by atomic mass is 16.5. The lowest BCUT2D eigenvalue weighted by atomic mass is 9.69. The Hall–Kier alpha value is -3.02. The smallest absolute Gasteiger partial charge is 0.199 e. The molecule has 1 aliphatic carbocycles. The van der Waals surface area contributed by atoms with Crippen molar-refractivity contribution in [2.24, 2.45) is 0 Å². The number of carbonyl (C=O) groups is 1. The Balaban J connectivity index is 2.35. The van der Waals surface area contributed by atoms with Gasteiger partial charge in [0.2, 0.25) is 0 Å². The number of hydrogen-bond donors (Lipinski definition) is 0. The van der Waals surface area contributed by atoms with Crippen LogP contribution in [0.1, 0.15) is 56.2 Å². The molecule has 0 unspecified atom stereocenters. The van der Waals surface area contributed by atoms with Crippen molar-refractivity contribution in [1.29, 1.82) is 0 Å². The van der Waals surface area contributed by atoms with E-state index in [1.807, 2.05) is 20.8 Å². The van der Waals surface area contributed by atoms with E-state index in [2.05, 4.69) is 0 Å². The van der Waals surface area contributed by atoms with E-state index < -0.39 is 5.41 Å². The minimum Gasteiger partial charge on any atom is -0.500 e. The van der Waals surface area contributed by atoms with Gasteiger partial charge in [0.25, 0.3) is 0 Å². The van der Waals surface area contributed by atoms with E-state index in [1.165, 1.54) is 6.07 Å². The molecule has 6 nitrogen and oxygen atoms in total. The van der Waals surface area contributed by atoms with E-state index in [-0.39, 0.29) is 16.8 Å². The van der Waals surface area contributed by atoms with Crippen LogP contribution in [-0.2, 0) is 10.2 Å². The van der Waals surface area contributed by atoms with E-state index in [0.717, 1.165) is 0 Å². The first kappa shape index (κ1) is 21.7. The highest BCUT2D eigenvalue weighted by Crippen LogP contribution is 2.47. The van der Waals surface area contributed by atoms with Crippen molar-refractivity contribution in [2.45, 2.75) is 45.4 Å². The number of rotatable bonds is 7. The first-order chi connectivity index (χ1) is 14.4. The summed E-state index contributed by atoms with van der Waals surface area (Å²) >= 11 is 0. The molecule has 0 spiro atoms. The fourth-order valence-corrected chi connectivity index (χ4v) is 4.32. The van der Waals surface area contributed by atoms with Gasteiger partial charge in [-0.25, -0.2) is 0 Å². The number of carbonyl (C=O) groups excluding carboxylic acids is 1. The van der Waals surface area contributed by atoms with Crippen LogP contribution >= 0.6 is 0 Å². The molecule has 0 N–H and O–H groups in total. The van der Waals surface area contributed by atoms with Crippen LogP contribution in [0.2, 0.25) is 0 Å². The summed E-state index contributed by atoms with van der Waals surface area (Å²) in [6.45, 7) is 5.92. The van der Waals surface area contributed by atoms with E-state index in [1.54, 1.807) is 39.5 Å². The molecule has 160 valence electrons. The van der Waals surface area contributed by atoms with Crippen molar-refractivity contribution < 1.29 is 23.4 Å². The Labute approximate surface area is 176 Å². The van der Waals surface area contributed by atoms with Crippen molar-refractivity contribution in [2.75, 3.05) is 21.3 Å². The number of allylic oxidation sites excluding steroid dienone is 2. The van der Waals surface area contributed by atoms with Gasteiger partial charge >= 0.3 is 0 Å². The fraction of sp³-hybridized carbons (Fsp3) is 0.417. The molecule has 0 saturated carbocycles. The van der Waals surface area contributed by atoms with E-state index >= 15 is 0 Å². The number of Topliss-reactive ketones (excluding diaryl/α,β-unsaturated/α-hetero) is 1. The number of ether oxygens (including phenoxy) is 3. The molecule has 1 heterocycles.